The van der Waals surface area contributed by atoms with Crippen molar-refractivity contribution >= 4 is 11.1 Å². The van der Waals surface area contributed by atoms with E-state index in [2.05, 4.69) is 0 Å². The topological polar surface area (TPSA) is 61.1 Å². The van der Waals surface area contributed by atoms with E-state index in [0.29, 0.717) is 0 Å². The summed E-state index contributed by atoms with van der Waals surface area (Å²) in [5, 5.41) is 8.20. The number of nitriles is 1. The molecule has 0 aromatic heterocycles. The zero-order valence-electron chi connectivity index (χ0n) is 4.83. The van der Waals surface area contributed by atoms with Crippen LogP contribution in [-0.2, 0) is 11.1 Å². The zero-order valence-corrected chi connectivity index (χ0v) is 5.65. The van der Waals surface area contributed by atoms with Crippen molar-refractivity contribution in [3.63, 3.8) is 0 Å². The Morgan fingerprint density at radius 3 is 2.44 bits per heavy atom. The molecule has 1 N–H and O–H groups in total. The van der Waals surface area contributed by atoms with Crippen LogP contribution >= 0.6 is 0 Å². The van der Waals surface area contributed by atoms with Crippen LogP contribution in [0.5, 0.6) is 0 Å². The maximum absolute atomic E-state index is 10.4. The molecular weight excluding hydrogens is 138 g/mol. The molecule has 1 aliphatic rings. The van der Waals surface area contributed by atoms with Crippen LogP contribution in [0.25, 0.3) is 0 Å². The SMILES string of the molecule is N#CCC1(S(=O)O)CC1. The van der Waals surface area contributed by atoms with E-state index in [1.165, 1.54) is 0 Å². The molecule has 0 aromatic carbocycles. The second-order valence-electron chi connectivity index (χ2n) is 2.27. The highest BCUT2D eigenvalue weighted by atomic mass is 32.2. The first kappa shape index (κ1) is 6.72. The van der Waals surface area contributed by atoms with E-state index >= 15 is 0 Å². The summed E-state index contributed by atoms with van der Waals surface area (Å²) >= 11 is -1.79. The van der Waals surface area contributed by atoms with E-state index in [1.807, 2.05) is 6.07 Å². The van der Waals surface area contributed by atoms with Gasteiger partial charge in [0.15, 0.2) is 11.1 Å². The van der Waals surface area contributed by atoms with Gasteiger partial charge in [0.05, 0.1) is 17.2 Å². The first-order valence-electron chi connectivity index (χ1n) is 2.69. The van der Waals surface area contributed by atoms with Gasteiger partial charge in [-0.15, -0.1) is 0 Å². The fraction of sp³-hybridized carbons (Fsp3) is 0.800. The van der Waals surface area contributed by atoms with Crippen molar-refractivity contribution in [2.75, 3.05) is 0 Å². The molecule has 0 radical (unpaired) electrons. The summed E-state index contributed by atoms with van der Waals surface area (Å²) in [5.41, 5.74) is 0. The third-order valence-electron chi connectivity index (χ3n) is 1.58. The van der Waals surface area contributed by atoms with E-state index in [4.69, 9.17) is 9.81 Å². The lowest BCUT2D eigenvalue weighted by Crippen LogP contribution is -2.14. The van der Waals surface area contributed by atoms with Crippen LogP contribution in [-0.4, -0.2) is 13.5 Å². The highest BCUT2D eigenvalue weighted by Crippen LogP contribution is 2.43. The summed E-state index contributed by atoms with van der Waals surface area (Å²) in [4.78, 5) is 0. The van der Waals surface area contributed by atoms with Gasteiger partial charge in [-0.2, -0.15) is 5.26 Å². The Kier molecular flexibility index (Phi) is 1.56. The Bertz CT molecular complexity index is 180. The Labute approximate surface area is 56.0 Å². The highest BCUT2D eigenvalue weighted by molar-refractivity contribution is 7.81. The molecule has 0 spiro atoms. The minimum atomic E-state index is -1.79. The molecule has 0 saturated heterocycles. The van der Waals surface area contributed by atoms with Gasteiger partial charge >= 0.3 is 0 Å². The van der Waals surface area contributed by atoms with Gasteiger partial charge in [0.2, 0.25) is 0 Å². The normalized spacial score (nSPS) is 24.4. The van der Waals surface area contributed by atoms with Crippen molar-refractivity contribution in [3.05, 3.63) is 0 Å². The maximum Gasteiger partial charge on any atom is 0.160 e. The summed E-state index contributed by atoms with van der Waals surface area (Å²) in [7, 11) is 0. The van der Waals surface area contributed by atoms with E-state index < -0.39 is 15.8 Å². The van der Waals surface area contributed by atoms with Crippen molar-refractivity contribution in [2.45, 2.75) is 24.0 Å². The molecule has 0 aromatic rings. The van der Waals surface area contributed by atoms with Crippen molar-refractivity contribution in [1.29, 1.82) is 5.26 Å². The van der Waals surface area contributed by atoms with Gasteiger partial charge in [0.1, 0.15) is 0 Å². The molecule has 1 atom stereocenters. The number of rotatable bonds is 2. The van der Waals surface area contributed by atoms with Crippen LogP contribution in [0.15, 0.2) is 0 Å². The van der Waals surface area contributed by atoms with E-state index in [0.717, 1.165) is 12.8 Å². The molecule has 1 aliphatic carbocycles. The molecule has 3 nitrogen and oxygen atoms in total. The van der Waals surface area contributed by atoms with Crippen LogP contribution in [0.1, 0.15) is 19.3 Å². The van der Waals surface area contributed by atoms with Gasteiger partial charge in [-0.1, -0.05) is 0 Å². The molecule has 1 unspecified atom stereocenters. The first-order chi connectivity index (χ1) is 4.21. The monoisotopic (exact) mass is 145 g/mol. The molecule has 50 valence electrons. The van der Waals surface area contributed by atoms with Crippen molar-refractivity contribution < 1.29 is 8.76 Å². The zero-order chi connectivity index (χ0) is 6.91. The van der Waals surface area contributed by atoms with Crippen molar-refractivity contribution in [1.82, 2.24) is 0 Å². The van der Waals surface area contributed by atoms with Gasteiger partial charge in [-0.05, 0) is 12.8 Å². The molecule has 0 amide bonds. The average molecular weight is 145 g/mol. The summed E-state index contributed by atoms with van der Waals surface area (Å²) in [6.07, 6.45) is 1.67. The molecule has 4 heteroatoms. The van der Waals surface area contributed by atoms with Gasteiger partial charge in [-0.3, -0.25) is 0 Å². The lowest BCUT2D eigenvalue weighted by molar-refractivity contribution is 0.545. The predicted octanol–water partition coefficient (Wildman–Crippen LogP) is 0.654. The fourth-order valence-electron chi connectivity index (χ4n) is 0.697. The molecule has 0 aliphatic heterocycles. The summed E-state index contributed by atoms with van der Waals surface area (Å²) in [6, 6.07) is 1.90. The minimum Gasteiger partial charge on any atom is -0.306 e. The maximum atomic E-state index is 10.4. The largest absolute Gasteiger partial charge is 0.306 e. The van der Waals surface area contributed by atoms with E-state index in [-0.39, 0.29) is 6.42 Å². The van der Waals surface area contributed by atoms with Gasteiger partial charge in [0.25, 0.3) is 0 Å². The molecule has 1 fully saturated rings. The van der Waals surface area contributed by atoms with E-state index in [9.17, 15) is 4.21 Å². The Morgan fingerprint density at radius 1 is 1.78 bits per heavy atom. The second-order valence-corrected chi connectivity index (χ2v) is 3.63. The summed E-state index contributed by atoms with van der Waals surface area (Å²) < 4.78 is 18.5. The summed E-state index contributed by atoms with van der Waals surface area (Å²) in [6.45, 7) is 0. The molecule has 0 bridgehead atoms. The number of hydrogen-bond donors (Lipinski definition) is 1. The third-order valence-corrected chi connectivity index (χ3v) is 2.87. The molecule has 1 rings (SSSR count). The Morgan fingerprint density at radius 2 is 2.33 bits per heavy atom. The smallest absolute Gasteiger partial charge is 0.160 e. The third kappa shape index (κ3) is 1.12. The first-order valence-corrected chi connectivity index (χ1v) is 3.80. The quantitative estimate of drug-likeness (QED) is 0.580. The van der Waals surface area contributed by atoms with Crippen LogP contribution < -0.4 is 0 Å². The minimum absolute atomic E-state index is 0.218. The second kappa shape index (κ2) is 2.09. The van der Waals surface area contributed by atoms with Crippen LogP contribution in [0.2, 0.25) is 0 Å². The lowest BCUT2D eigenvalue weighted by atomic mass is 10.3. The Balaban J connectivity index is 2.55. The van der Waals surface area contributed by atoms with Gasteiger partial charge < -0.3 is 4.55 Å². The van der Waals surface area contributed by atoms with Gasteiger partial charge in [0, 0.05) is 0 Å². The van der Waals surface area contributed by atoms with Crippen LogP contribution in [0, 0.1) is 11.3 Å². The molecule has 0 heterocycles. The Hall–Kier alpha value is -0.400. The van der Waals surface area contributed by atoms with Gasteiger partial charge in [-0.25, -0.2) is 4.21 Å². The highest BCUT2D eigenvalue weighted by Gasteiger charge is 2.48. The van der Waals surface area contributed by atoms with Crippen LogP contribution in [0.4, 0.5) is 0 Å². The van der Waals surface area contributed by atoms with Crippen molar-refractivity contribution in [3.8, 4) is 6.07 Å². The number of hydrogen-bond acceptors (Lipinski definition) is 2. The average Bonchev–Trinajstić information content (AvgIpc) is 2.49. The number of nitrogens with zero attached hydrogens (tertiary/aromatic N) is 1. The standard InChI is InChI=1S/C5H7NO2S/c6-4-3-5(1-2-5)9(7)8/h1-3H2,(H,7,8). The molecular formula is C5H7NO2S. The molecule has 1 saturated carbocycles. The van der Waals surface area contributed by atoms with E-state index in [1.54, 1.807) is 0 Å². The molecule has 9 heavy (non-hydrogen) atoms. The predicted molar refractivity (Wildman–Crippen MR) is 33.0 cm³/mol. The lowest BCUT2D eigenvalue weighted by Gasteiger charge is -2.01. The van der Waals surface area contributed by atoms with Crippen molar-refractivity contribution in [2.24, 2.45) is 0 Å². The summed E-state index contributed by atoms with van der Waals surface area (Å²) in [5.74, 6) is 0. The van der Waals surface area contributed by atoms with Crippen LogP contribution in [0.3, 0.4) is 0 Å². The fourth-order valence-corrected chi connectivity index (χ4v) is 1.34.